The zero-order valence-corrected chi connectivity index (χ0v) is 20.3. The number of carboxylic acids is 1. The first kappa shape index (κ1) is 24.5. The third-order valence-corrected chi connectivity index (χ3v) is 5.93. The fraction of sp³-hybridized carbons (Fsp3) is 0.138. The number of rotatable bonds is 7. The molecule has 4 rings (SSSR count). The van der Waals surface area contributed by atoms with Crippen LogP contribution in [0.25, 0.3) is 27.9 Å². The minimum absolute atomic E-state index is 0.163. The number of hydrogen-bond donors (Lipinski definition) is 3. The predicted molar refractivity (Wildman–Crippen MR) is 145 cm³/mol. The topological polar surface area (TPSA) is 118 Å². The van der Waals surface area contributed by atoms with E-state index in [0.717, 1.165) is 27.8 Å². The molecule has 1 unspecified atom stereocenters. The Morgan fingerprint density at radius 2 is 1.89 bits per heavy atom. The molecule has 7 heteroatoms. The third-order valence-electron chi connectivity index (χ3n) is 5.93. The smallest absolute Gasteiger partial charge is 0.337 e. The largest absolute Gasteiger partial charge is 0.478 e. The average molecular weight is 482 g/mol. The molecule has 0 bridgehead atoms. The van der Waals surface area contributed by atoms with Gasteiger partial charge in [-0.1, -0.05) is 36.4 Å². The summed E-state index contributed by atoms with van der Waals surface area (Å²) < 4.78 is 6.34. The summed E-state index contributed by atoms with van der Waals surface area (Å²) in [5.74, 6) is -0.602. The van der Waals surface area contributed by atoms with Crippen LogP contribution in [-0.4, -0.2) is 24.3 Å². The zero-order chi connectivity index (χ0) is 25.8. The van der Waals surface area contributed by atoms with Crippen LogP contribution in [0.2, 0.25) is 0 Å². The number of nitrogens with zero attached hydrogens (tertiary/aromatic N) is 1. The van der Waals surface area contributed by atoms with Gasteiger partial charge in [-0.05, 0) is 49.2 Å². The number of para-hydroxylation sites is 1. The lowest BCUT2D eigenvalue weighted by atomic mass is 9.99. The van der Waals surface area contributed by atoms with E-state index in [4.69, 9.17) is 10.2 Å². The van der Waals surface area contributed by atoms with Crippen LogP contribution < -0.4 is 16.5 Å². The number of hydrogen-bond acceptors (Lipinski definition) is 6. The fourth-order valence-electron chi connectivity index (χ4n) is 4.21. The van der Waals surface area contributed by atoms with E-state index >= 15 is 0 Å². The SMILES string of the molecule is CN=C/C(=C\N)c1cccc(-c2cc(=O)c3cc(C)cc(C(C)Nc4ccccc4C(=O)O)c3o2)c1. The molecule has 3 aromatic carbocycles. The van der Waals surface area contributed by atoms with Crippen molar-refractivity contribution < 1.29 is 14.3 Å². The van der Waals surface area contributed by atoms with Crippen LogP contribution >= 0.6 is 0 Å². The van der Waals surface area contributed by atoms with Crippen molar-refractivity contribution in [2.24, 2.45) is 10.7 Å². The van der Waals surface area contributed by atoms with Gasteiger partial charge in [0.15, 0.2) is 5.43 Å². The number of carboxylic acid groups (broad SMARTS) is 1. The molecule has 7 nitrogen and oxygen atoms in total. The van der Waals surface area contributed by atoms with Gasteiger partial charge in [0.25, 0.3) is 0 Å². The molecule has 4 N–H and O–H groups in total. The van der Waals surface area contributed by atoms with E-state index < -0.39 is 5.97 Å². The maximum atomic E-state index is 13.2. The number of allylic oxidation sites excluding steroid dienone is 1. The van der Waals surface area contributed by atoms with E-state index in [2.05, 4.69) is 10.3 Å². The second kappa shape index (κ2) is 10.3. The van der Waals surface area contributed by atoms with Crippen molar-refractivity contribution in [1.29, 1.82) is 0 Å². The summed E-state index contributed by atoms with van der Waals surface area (Å²) in [6.45, 7) is 3.82. The Morgan fingerprint density at radius 3 is 2.61 bits per heavy atom. The summed E-state index contributed by atoms with van der Waals surface area (Å²) >= 11 is 0. The molecule has 0 amide bonds. The number of carbonyl (C=O) groups is 1. The first-order chi connectivity index (χ1) is 17.3. The van der Waals surface area contributed by atoms with E-state index in [1.165, 1.54) is 12.3 Å². The minimum Gasteiger partial charge on any atom is -0.478 e. The third kappa shape index (κ3) is 4.90. The molecule has 1 heterocycles. The lowest BCUT2D eigenvalue weighted by molar-refractivity contribution is 0.0698. The maximum Gasteiger partial charge on any atom is 0.337 e. The molecular weight excluding hydrogens is 454 g/mol. The molecule has 1 aromatic heterocycles. The van der Waals surface area contributed by atoms with Gasteiger partial charge >= 0.3 is 5.97 Å². The Bertz CT molecular complexity index is 1570. The van der Waals surface area contributed by atoms with Gasteiger partial charge in [-0.3, -0.25) is 9.79 Å². The van der Waals surface area contributed by atoms with Crippen LogP contribution in [-0.2, 0) is 0 Å². The highest BCUT2D eigenvalue weighted by molar-refractivity contribution is 6.09. The summed E-state index contributed by atoms with van der Waals surface area (Å²) in [6, 6.07) is 19.1. The van der Waals surface area contributed by atoms with E-state index in [1.807, 2.05) is 44.2 Å². The number of nitrogens with one attached hydrogen (secondary N) is 1. The van der Waals surface area contributed by atoms with E-state index in [0.29, 0.717) is 22.4 Å². The van der Waals surface area contributed by atoms with Crippen LogP contribution in [0.15, 0.2) is 87.1 Å². The van der Waals surface area contributed by atoms with Crippen LogP contribution in [0, 0.1) is 6.92 Å². The summed E-state index contributed by atoms with van der Waals surface area (Å²) in [6.07, 6.45) is 3.14. The number of benzene rings is 3. The summed E-state index contributed by atoms with van der Waals surface area (Å²) in [5, 5.41) is 13.3. The monoisotopic (exact) mass is 481 g/mol. The Balaban J connectivity index is 1.84. The average Bonchev–Trinajstić information content (AvgIpc) is 2.87. The standard InChI is InChI=1S/C29H27N3O4/c1-17-11-23(18(2)32-25-10-5-4-9-22(25)29(34)35)28-24(12-17)26(33)14-27(36-28)20-8-6-7-19(13-20)21(15-30)16-31-3/h4-16,18,32H,30H2,1-3H3,(H,34,35)/b21-15+,31-16?. The lowest BCUT2D eigenvalue weighted by Gasteiger charge is -2.19. The first-order valence-electron chi connectivity index (χ1n) is 11.4. The van der Waals surface area contributed by atoms with E-state index in [9.17, 15) is 14.7 Å². The molecule has 0 aliphatic heterocycles. The molecule has 36 heavy (non-hydrogen) atoms. The maximum absolute atomic E-state index is 13.2. The Hall–Kier alpha value is -4.65. The number of anilines is 1. The van der Waals surface area contributed by atoms with E-state index in [-0.39, 0.29) is 17.0 Å². The first-order valence-corrected chi connectivity index (χ1v) is 11.4. The van der Waals surface area contributed by atoms with Gasteiger partial charge in [0, 0.05) is 47.9 Å². The van der Waals surface area contributed by atoms with Crippen LogP contribution in [0.1, 0.15) is 40.0 Å². The van der Waals surface area contributed by atoms with Crippen molar-refractivity contribution in [2.75, 3.05) is 12.4 Å². The fourth-order valence-corrected chi connectivity index (χ4v) is 4.21. The number of aryl methyl sites for hydroxylation is 1. The highest BCUT2D eigenvalue weighted by atomic mass is 16.4. The molecule has 0 fully saturated rings. The molecule has 182 valence electrons. The molecule has 1 atom stereocenters. The lowest BCUT2D eigenvalue weighted by Crippen LogP contribution is -2.12. The summed E-state index contributed by atoms with van der Waals surface area (Å²) in [5.41, 5.74) is 10.7. The molecule has 0 saturated carbocycles. The second-order valence-electron chi connectivity index (χ2n) is 8.51. The highest BCUT2D eigenvalue weighted by Crippen LogP contribution is 2.32. The van der Waals surface area contributed by atoms with Crippen molar-refractivity contribution in [3.05, 3.63) is 105 Å². The molecule has 0 aliphatic rings. The molecule has 0 aliphatic carbocycles. The van der Waals surface area contributed by atoms with Gasteiger partial charge in [-0.25, -0.2) is 4.79 Å². The summed E-state index contributed by atoms with van der Waals surface area (Å²) in [7, 11) is 1.67. The van der Waals surface area contributed by atoms with Crippen LogP contribution in [0.4, 0.5) is 5.69 Å². The van der Waals surface area contributed by atoms with Gasteiger partial charge in [-0.2, -0.15) is 0 Å². The van der Waals surface area contributed by atoms with Gasteiger partial charge in [0.05, 0.1) is 17.0 Å². The number of nitrogens with two attached hydrogens (primary N) is 1. The number of aromatic carboxylic acids is 1. The second-order valence-corrected chi connectivity index (χ2v) is 8.51. The van der Waals surface area contributed by atoms with Crippen LogP contribution in [0.5, 0.6) is 0 Å². The van der Waals surface area contributed by atoms with Crippen molar-refractivity contribution in [2.45, 2.75) is 19.9 Å². The van der Waals surface area contributed by atoms with Gasteiger partial charge in [0.2, 0.25) is 0 Å². The highest BCUT2D eigenvalue weighted by Gasteiger charge is 2.18. The Labute approximate surface area is 208 Å². The number of fused-ring (bicyclic) bond motifs is 1. The predicted octanol–water partition coefficient (Wildman–Crippen LogP) is 5.64. The van der Waals surface area contributed by atoms with Crippen molar-refractivity contribution in [1.82, 2.24) is 0 Å². The molecule has 4 aromatic rings. The quantitative estimate of drug-likeness (QED) is 0.294. The van der Waals surface area contributed by atoms with Gasteiger partial charge in [0.1, 0.15) is 11.3 Å². The van der Waals surface area contributed by atoms with Crippen molar-refractivity contribution >= 4 is 34.4 Å². The molecule has 0 saturated heterocycles. The Kier molecular flexibility index (Phi) is 7.01. The zero-order valence-electron chi connectivity index (χ0n) is 20.3. The van der Waals surface area contributed by atoms with E-state index in [1.54, 1.807) is 43.6 Å². The Morgan fingerprint density at radius 1 is 1.11 bits per heavy atom. The van der Waals surface area contributed by atoms with Crippen molar-refractivity contribution in [3.63, 3.8) is 0 Å². The normalized spacial score (nSPS) is 12.7. The van der Waals surface area contributed by atoms with Crippen LogP contribution in [0.3, 0.4) is 0 Å². The molecule has 0 spiro atoms. The van der Waals surface area contributed by atoms with Gasteiger partial charge in [-0.15, -0.1) is 0 Å². The number of aliphatic imine (C=N–C) groups is 1. The summed E-state index contributed by atoms with van der Waals surface area (Å²) in [4.78, 5) is 28.9. The minimum atomic E-state index is -1.02. The molecule has 0 radical (unpaired) electrons. The van der Waals surface area contributed by atoms with Crippen molar-refractivity contribution in [3.8, 4) is 11.3 Å². The van der Waals surface area contributed by atoms with Gasteiger partial charge < -0.3 is 20.6 Å². The molecular formula is C29H27N3O4.